The van der Waals surface area contributed by atoms with Crippen LogP contribution in [0.1, 0.15) is 5.56 Å². The Balaban J connectivity index is 1.74. The molecule has 2 aromatic carbocycles. The number of piperazine rings is 1. The zero-order valence-electron chi connectivity index (χ0n) is 13.6. The van der Waals surface area contributed by atoms with Crippen molar-refractivity contribution in [2.75, 3.05) is 43.1 Å². The van der Waals surface area contributed by atoms with Gasteiger partial charge in [0.25, 0.3) is 0 Å². The molecule has 0 aliphatic carbocycles. The summed E-state index contributed by atoms with van der Waals surface area (Å²) in [6.07, 6.45) is 0. The second-order valence-electron chi connectivity index (χ2n) is 5.69. The molecule has 25 heavy (non-hydrogen) atoms. The van der Waals surface area contributed by atoms with Gasteiger partial charge in [0.05, 0.1) is 18.7 Å². The minimum atomic E-state index is -0.750. The number of hydrogen-bond acceptors (Lipinski definition) is 4. The van der Waals surface area contributed by atoms with Crippen molar-refractivity contribution in [3.05, 3.63) is 53.3 Å². The van der Waals surface area contributed by atoms with Crippen LogP contribution in [0.4, 0.5) is 24.5 Å². The van der Waals surface area contributed by atoms with Crippen LogP contribution in [0.25, 0.3) is 0 Å². The Labute approximate surface area is 143 Å². The molecule has 2 aromatic rings. The Kier molecular flexibility index (Phi) is 4.70. The van der Waals surface area contributed by atoms with E-state index in [9.17, 15) is 13.2 Å². The third-order valence-corrected chi connectivity index (χ3v) is 4.24. The molecule has 1 aliphatic rings. The van der Waals surface area contributed by atoms with Gasteiger partial charge in [-0.25, -0.2) is 13.2 Å². The highest BCUT2D eigenvalue weighted by Crippen LogP contribution is 2.28. The van der Waals surface area contributed by atoms with Gasteiger partial charge in [0.1, 0.15) is 5.69 Å². The van der Waals surface area contributed by atoms with Crippen LogP contribution < -0.4 is 14.5 Å². The summed E-state index contributed by atoms with van der Waals surface area (Å²) in [5.74, 6) is -1.78. The Morgan fingerprint density at radius 1 is 0.920 bits per heavy atom. The van der Waals surface area contributed by atoms with Crippen molar-refractivity contribution >= 4 is 11.4 Å². The lowest BCUT2D eigenvalue weighted by Crippen LogP contribution is -2.47. The molecule has 7 heteroatoms. The van der Waals surface area contributed by atoms with Crippen molar-refractivity contribution in [3.8, 4) is 11.8 Å². The molecular formula is C18H16F3N3O. The number of halogens is 3. The van der Waals surface area contributed by atoms with E-state index >= 15 is 0 Å². The molecule has 3 rings (SSSR count). The van der Waals surface area contributed by atoms with Gasteiger partial charge in [-0.05, 0) is 24.3 Å². The van der Waals surface area contributed by atoms with Crippen LogP contribution in [-0.2, 0) is 0 Å². The fourth-order valence-corrected chi connectivity index (χ4v) is 2.97. The molecule has 0 atom stereocenters. The molecule has 0 spiro atoms. The summed E-state index contributed by atoms with van der Waals surface area (Å²) in [5, 5.41) is 8.77. The van der Waals surface area contributed by atoms with E-state index in [0.717, 1.165) is 12.1 Å². The second-order valence-corrected chi connectivity index (χ2v) is 5.69. The van der Waals surface area contributed by atoms with E-state index in [1.807, 2.05) is 4.90 Å². The van der Waals surface area contributed by atoms with Crippen molar-refractivity contribution in [3.63, 3.8) is 0 Å². The first kappa shape index (κ1) is 17.0. The normalized spacial score (nSPS) is 14.4. The van der Waals surface area contributed by atoms with Crippen molar-refractivity contribution < 1.29 is 17.9 Å². The van der Waals surface area contributed by atoms with Gasteiger partial charge in [-0.15, -0.1) is 0 Å². The lowest BCUT2D eigenvalue weighted by Gasteiger charge is -2.37. The molecule has 0 saturated carbocycles. The molecule has 0 aromatic heterocycles. The Morgan fingerprint density at radius 2 is 1.52 bits per heavy atom. The van der Waals surface area contributed by atoms with E-state index in [-0.39, 0.29) is 17.0 Å². The maximum absolute atomic E-state index is 14.1. The molecule has 1 heterocycles. The Bertz CT molecular complexity index is 804. The summed E-state index contributed by atoms with van der Waals surface area (Å²) in [4.78, 5) is 3.54. The van der Waals surface area contributed by atoms with Gasteiger partial charge >= 0.3 is 0 Å². The van der Waals surface area contributed by atoms with Crippen LogP contribution in [0, 0.1) is 28.8 Å². The first-order valence-corrected chi connectivity index (χ1v) is 7.76. The minimum absolute atomic E-state index is 0.0499. The molecule has 0 unspecified atom stereocenters. The van der Waals surface area contributed by atoms with Crippen LogP contribution >= 0.6 is 0 Å². The molecular weight excluding hydrogens is 331 g/mol. The highest BCUT2D eigenvalue weighted by Gasteiger charge is 2.23. The van der Waals surface area contributed by atoms with Gasteiger partial charge in [-0.2, -0.15) is 5.26 Å². The van der Waals surface area contributed by atoms with E-state index in [0.29, 0.717) is 31.9 Å². The number of methoxy groups -OCH3 is 1. The molecule has 1 saturated heterocycles. The monoisotopic (exact) mass is 347 g/mol. The number of anilines is 2. The average molecular weight is 347 g/mol. The van der Waals surface area contributed by atoms with Crippen molar-refractivity contribution in [1.29, 1.82) is 5.26 Å². The van der Waals surface area contributed by atoms with Crippen molar-refractivity contribution in [1.82, 2.24) is 0 Å². The highest BCUT2D eigenvalue weighted by atomic mass is 19.1. The molecule has 0 amide bonds. The van der Waals surface area contributed by atoms with E-state index in [4.69, 9.17) is 10.00 Å². The number of nitrogens with zero attached hydrogens (tertiary/aromatic N) is 3. The summed E-state index contributed by atoms with van der Waals surface area (Å²) >= 11 is 0. The summed E-state index contributed by atoms with van der Waals surface area (Å²) in [6.45, 7) is 1.75. The van der Waals surface area contributed by atoms with Gasteiger partial charge in [0, 0.05) is 37.9 Å². The smallest absolute Gasteiger partial charge is 0.167 e. The predicted molar refractivity (Wildman–Crippen MR) is 88.5 cm³/mol. The number of nitriles is 1. The minimum Gasteiger partial charge on any atom is -0.494 e. The number of rotatable bonds is 3. The average Bonchev–Trinajstić information content (AvgIpc) is 2.61. The molecule has 1 fully saturated rings. The molecule has 1 aliphatic heterocycles. The summed E-state index contributed by atoms with van der Waals surface area (Å²) < 4.78 is 47.0. The molecule has 0 radical (unpaired) electrons. The zero-order valence-corrected chi connectivity index (χ0v) is 13.6. The topological polar surface area (TPSA) is 39.5 Å². The number of ether oxygens (including phenoxy) is 1. The summed E-state index contributed by atoms with van der Waals surface area (Å²) in [7, 11) is 1.40. The molecule has 0 bridgehead atoms. The van der Waals surface area contributed by atoms with E-state index in [2.05, 4.69) is 0 Å². The predicted octanol–water partition coefficient (Wildman–Crippen LogP) is 3.31. The van der Waals surface area contributed by atoms with E-state index in [1.54, 1.807) is 23.1 Å². The second kappa shape index (κ2) is 6.93. The van der Waals surface area contributed by atoms with Gasteiger partial charge in [0.15, 0.2) is 23.2 Å². The van der Waals surface area contributed by atoms with E-state index in [1.165, 1.54) is 13.2 Å². The SMILES string of the molecule is COc1ccc(N2CCN(c3c(F)cc(C#N)cc3F)CC2)cc1F. The van der Waals surface area contributed by atoms with Crippen LogP contribution in [0.15, 0.2) is 30.3 Å². The lowest BCUT2D eigenvalue weighted by molar-refractivity contribution is 0.386. The lowest BCUT2D eigenvalue weighted by atomic mass is 10.1. The van der Waals surface area contributed by atoms with Gasteiger partial charge in [0.2, 0.25) is 0 Å². The standard InChI is InChI=1S/C18H16F3N3O/c1-25-17-3-2-13(10-14(17)19)23-4-6-24(7-5-23)18-15(20)8-12(11-22)9-16(18)21/h2-3,8-10H,4-7H2,1H3. The third kappa shape index (κ3) is 3.33. The van der Waals surface area contributed by atoms with Crippen LogP contribution in [0.5, 0.6) is 5.75 Å². The number of benzene rings is 2. The van der Waals surface area contributed by atoms with Crippen molar-refractivity contribution in [2.45, 2.75) is 0 Å². The molecule has 130 valence electrons. The Morgan fingerprint density at radius 3 is 2.04 bits per heavy atom. The van der Waals surface area contributed by atoms with Crippen LogP contribution in [0.3, 0.4) is 0 Å². The molecule has 4 nitrogen and oxygen atoms in total. The first-order chi connectivity index (χ1) is 12.0. The maximum atomic E-state index is 14.1. The summed E-state index contributed by atoms with van der Waals surface area (Å²) in [6, 6.07) is 8.48. The fraction of sp³-hybridized carbons (Fsp3) is 0.278. The number of hydrogen-bond donors (Lipinski definition) is 0. The fourth-order valence-electron chi connectivity index (χ4n) is 2.97. The third-order valence-electron chi connectivity index (χ3n) is 4.24. The van der Waals surface area contributed by atoms with Crippen LogP contribution in [-0.4, -0.2) is 33.3 Å². The first-order valence-electron chi connectivity index (χ1n) is 7.76. The summed E-state index contributed by atoms with van der Waals surface area (Å²) in [5.41, 5.74) is 0.518. The van der Waals surface area contributed by atoms with E-state index < -0.39 is 17.5 Å². The van der Waals surface area contributed by atoms with Gasteiger partial charge in [-0.3, -0.25) is 0 Å². The Hall–Kier alpha value is -2.88. The quantitative estimate of drug-likeness (QED) is 0.854. The molecule has 0 N–H and O–H groups in total. The highest BCUT2D eigenvalue weighted by molar-refractivity contribution is 5.56. The maximum Gasteiger partial charge on any atom is 0.167 e. The zero-order chi connectivity index (χ0) is 18.0. The largest absolute Gasteiger partial charge is 0.494 e. The van der Waals surface area contributed by atoms with Gasteiger partial charge < -0.3 is 14.5 Å². The van der Waals surface area contributed by atoms with Crippen LogP contribution in [0.2, 0.25) is 0 Å². The van der Waals surface area contributed by atoms with Crippen molar-refractivity contribution in [2.24, 2.45) is 0 Å². The van der Waals surface area contributed by atoms with Gasteiger partial charge in [-0.1, -0.05) is 0 Å².